The van der Waals surface area contributed by atoms with Crippen LogP contribution in [0.3, 0.4) is 0 Å². The summed E-state index contributed by atoms with van der Waals surface area (Å²) < 4.78 is 0. The van der Waals surface area contributed by atoms with E-state index in [-0.39, 0.29) is 38.6 Å². The van der Waals surface area contributed by atoms with E-state index in [1.165, 1.54) is 11.8 Å². The van der Waals surface area contributed by atoms with Gasteiger partial charge < -0.3 is 20.2 Å². The van der Waals surface area contributed by atoms with Crippen molar-refractivity contribution in [2.45, 2.75) is 19.4 Å². The number of hydrogen-bond donors (Lipinski definition) is 3. The number of nitrogens with zero attached hydrogens (tertiary/aromatic N) is 1. The number of carbonyl (C=O) groups excluding carboxylic acids is 1. The summed E-state index contributed by atoms with van der Waals surface area (Å²) in [6.07, 6.45) is -0.660. The molecule has 0 aromatic carbocycles. The standard InChI is InChI=1S/C8H17NO4/c1-7(12)6-8(13)9(2-4-10)3-5-11/h7,10-12H,2-6H2,1H3/t7-/m1/s1. The van der Waals surface area contributed by atoms with Crippen LogP contribution in [0.15, 0.2) is 0 Å². The number of carbonyl (C=O) groups is 1. The minimum atomic E-state index is -0.688. The van der Waals surface area contributed by atoms with Crippen molar-refractivity contribution in [1.82, 2.24) is 4.90 Å². The van der Waals surface area contributed by atoms with Crippen molar-refractivity contribution in [3.8, 4) is 0 Å². The second-order valence-corrected chi connectivity index (χ2v) is 2.88. The van der Waals surface area contributed by atoms with Crippen LogP contribution in [0, 0.1) is 0 Å². The van der Waals surface area contributed by atoms with E-state index in [1.54, 1.807) is 0 Å². The van der Waals surface area contributed by atoms with Gasteiger partial charge in [-0.05, 0) is 6.92 Å². The first-order valence-corrected chi connectivity index (χ1v) is 4.29. The lowest BCUT2D eigenvalue weighted by atomic mass is 10.2. The molecule has 0 spiro atoms. The number of rotatable bonds is 6. The van der Waals surface area contributed by atoms with Crippen LogP contribution in [0.4, 0.5) is 0 Å². The molecule has 0 heterocycles. The van der Waals surface area contributed by atoms with Crippen molar-refractivity contribution in [2.75, 3.05) is 26.3 Å². The van der Waals surface area contributed by atoms with Crippen LogP contribution in [-0.2, 0) is 4.79 Å². The summed E-state index contributed by atoms with van der Waals surface area (Å²) in [7, 11) is 0. The summed E-state index contributed by atoms with van der Waals surface area (Å²) >= 11 is 0. The second kappa shape index (κ2) is 6.82. The Hall–Kier alpha value is -0.650. The zero-order chi connectivity index (χ0) is 10.3. The molecule has 78 valence electrons. The number of aliphatic hydroxyl groups is 3. The number of hydrogen-bond acceptors (Lipinski definition) is 4. The van der Waals surface area contributed by atoms with Crippen LogP contribution in [0.25, 0.3) is 0 Å². The van der Waals surface area contributed by atoms with Gasteiger partial charge in [0, 0.05) is 13.1 Å². The summed E-state index contributed by atoms with van der Waals surface area (Å²) in [5, 5.41) is 26.2. The van der Waals surface area contributed by atoms with E-state index in [0.717, 1.165) is 0 Å². The van der Waals surface area contributed by atoms with Crippen LogP contribution in [0.5, 0.6) is 0 Å². The van der Waals surface area contributed by atoms with E-state index in [0.29, 0.717) is 0 Å². The minimum Gasteiger partial charge on any atom is -0.395 e. The molecule has 0 aromatic rings. The highest BCUT2D eigenvalue weighted by Crippen LogP contribution is 1.97. The van der Waals surface area contributed by atoms with E-state index in [9.17, 15) is 4.79 Å². The van der Waals surface area contributed by atoms with Gasteiger partial charge in [-0.15, -0.1) is 0 Å². The highest BCUT2D eigenvalue weighted by atomic mass is 16.3. The molecule has 0 bridgehead atoms. The van der Waals surface area contributed by atoms with Crippen LogP contribution in [0.2, 0.25) is 0 Å². The van der Waals surface area contributed by atoms with Gasteiger partial charge in [0.05, 0.1) is 25.7 Å². The second-order valence-electron chi connectivity index (χ2n) is 2.88. The lowest BCUT2D eigenvalue weighted by Crippen LogP contribution is -2.37. The maximum atomic E-state index is 11.3. The van der Waals surface area contributed by atoms with Crippen molar-refractivity contribution in [3.05, 3.63) is 0 Å². The van der Waals surface area contributed by atoms with Gasteiger partial charge in [-0.3, -0.25) is 4.79 Å². The predicted molar refractivity (Wildman–Crippen MR) is 47.0 cm³/mol. The Morgan fingerprint density at radius 2 is 1.77 bits per heavy atom. The number of amides is 1. The Balaban J connectivity index is 3.95. The first kappa shape index (κ1) is 12.3. The smallest absolute Gasteiger partial charge is 0.225 e. The summed E-state index contributed by atoms with van der Waals surface area (Å²) in [5.41, 5.74) is 0. The van der Waals surface area contributed by atoms with E-state index < -0.39 is 6.10 Å². The lowest BCUT2D eigenvalue weighted by Gasteiger charge is -2.21. The molecule has 0 saturated carbocycles. The fourth-order valence-electron chi connectivity index (χ4n) is 0.984. The fourth-order valence-corrected chi connectivity index (χ4v) is 0.984. The summed E-state index contributed by atoms with van der Waals surface area (Å²) in [4.78, 5) is 12.6. The topological polar surface area (TPSA) is 81.0 Å². The van der Waals surface area contributed by atoms with Crippen molar-refractivity contribution in [1.29, 1.82) is 0 Å². The van der Waals surface area contributed by atoms with Gasteiger partial charge in [0.2, 0.25) is 5.91 Å². The van der Waals surface area contributed by atoms with E-state index >= 15 is 0 Å². The zero-order valence-corrected chi connectivity index (χ0v) is 7.81. The van der Waals surface area contributed by atoms with Gasteiger partial charge in [-0.2, -0.15) is 0 Å². The third-order valence-electron chi connectivity index (χ3n) is 1.56. The maximum Gasteiger partial charge on any atom is 0.225 e. The molecule has 1 amide bonds. The lowest BCUT2D eigenvalue weighted by molar-refractivity contribution is -0.134. The van der Waals surface area contributed by atoms with Gasteiger partial charge in [0.25, 0.3) is 0 Å². The van der Waals surface area contributed by atoms with Gasteiger partial charge in [0.1, 0.15) is 0 Å². The Kier molecular flexibility index (Phi) is 6.48. The molecule has 0 rings (SSSR count). The normalized spacial score (nSPS) is 12.6. The van der Waals surface area contributed by atoms with Gasteiger partial charge in [-0.1, -0.05) is 0 Å². The molecule has 0 aliphatic rings. The Morgan fingerprint density at radius 3 is 2.08 bits per heavy atom. The minimum absolute atomic E-state index is 0.0278. The maximum absolute atomic E-state index is 11.3. The zero-order valence-electron chi connectivity index (χ0n) is 7.81. The Labute approximate surface area is 77.6 Å². The van der Waals surface area contributed by atoms with Gasteiger partial charge in [-0.25, -0.2) is 0 Å². The predicted octanol–water partition coefficient (Wildman–Crippen LogP) is -1.43. The van der Waals surface area contributed by atoms with Crippen molar-refractivity contribution < 1.29 is 20.1 Å². The van der Waals surface area contributed by atoms with Gasteiger partial charge in [0.15, 0.2) is 0 Å². The molecular formula is C8H17NO4. The third kappa shape index (κ3) is 5.57. The molecule has 0 aliphatic carbocycles. The Bertz CT molecular complexity index is 143. The molecular weight excluding hydrogens is 174 g/mol. The fraction of sp³-hybridized carbons (Fsp3) is 0.875. The summed E-state index contributed by atoms with van der Waals surface area (Å²) in [6.45, 7) is 1.66. The van der Waals surface area contributed by atoms with Crippen molar-refractivity contribution in [3.63, 3.8) is 0 Å². The average Bonchev–Trinajstić information content (AvgIpc) is 2.02. The summed E-state index contributed by atoms with van der Waals surface area (Å²) in [6, 6.07) is 0. The highest BCUT2D eigenvalue weighted by Gasteiger charge is 2.13. The molecule has 0 saturated heterocycles. The molecule has 3 N–H and O–H groups in total. The highest BCUT2D eigenvalue weighted by molar-refractivity contribution is 5.76. The third-order valence-corrected chi connectivity index (χ3v) is 1.56. The van der Waals surface area contributed by atoms with E-state index in [2.05, 4.69) is 0 Å². The molecule has 1 atom stereocenters. The van der Waals surface area contributed by atoms with Crippen LogP contribution >= 0.6 is 0 Å². The quantitative estimate of drug-likeness (QED) is 0.481. The molecule has 0 aromatic heterocycles. The van der Waals surface area contributed by atoms with Crippen LogP contribution < -0.4 is 0 Å². The van der Waals surface area contributed by atoms with Crippen LogP contribution in [0.1, 0.15) is 13.3 Å². The monoisotopic (exact) mass is 191 g/mol. The average molecular weight is 191 g/mol. The van der Waals surface area contributed by atoms with Crippen LogP contribution in [-0.4, -0.2) is 58.5 Å². The van der Waals surface area contributed by atoms with E-state index in [1.807, 2.05) is 0 Å². The van der Waals surface area contributed by atoms with Gasteiger partial charge >= 0.3 is 0 Å². The first-order valence-electron chi connectivity index (χ1n) is 4.29. The molecule has 5 heteroatoms. The SMILES string of the molecule is C[C@@H](O)CC(=O)N(CCO)CCO. The molecule has 0 radical (unpaired) electrons. The molecule has 0 aliphatic heterocycles. The molecule has 13 heavy (non-hydrogen) atoms. The largest absolute Gasteiger partial charge is 0.395 e. The molecule has 0 unspecified atom stereocenters. The van der Waals surface area contributed by atoms with Crippen molar-refractivity contribution in [2.24, 2.45) is 0 Å². The first-order chi connectivity index (χ1) is 6.11. The molecule has 5 nitrogen and oxygen atoms in total. The molecule has 0 fully saturated rings. The van der Waals surface area contributed by atoms with Crippen molar-refractivity contribution >= 4 is 5.91 Å². The van der Waals surface area contributed by atoms with E-state index in [4.69, 9.17) is 15.3 Å². The number of aliphatic hydroxyl groups excluding tert-OH is 3. The summed E-state index contributed by atoms with van der Waals surface area (Å²) in [5.74, 6) is -0.252. The Morgan fingerprint density at radius 1 is 1.31 bits per heavy atom.